The number of carbonyl (C=O) groups is 2. The van der Waals surface area contributed by atoms with Crippen LogP contribution in [0, 0.1) is 12.8 Å². The van der Waals surface area contributed by atoms with Crippen LogP contribution in [0.1, 0.15) is 35.3 Å². The Labute approximate surface area is 143 Å². The fourth-order valence-electron chi connectivity index (χ4n) is 2.36. The molecule has 0 radical (unpaired) electrons. The molecule has 0 fully saturated rings. The van der Waals surface area contributed by atoms with Crippen molar-refractivity contribution in [2.45, 2.75) is 33.4 Å². The second kappa shape index (κ2) is 8.29. The first-order chi connectivity index (χ1) is 11.5. The van der Waals surface area contributed by atoms with Gasteiger partial charge in [-0.15, -0.1) is 0 Å². The quantitative estimate of drug-likeness (QED) is 0.858. The van der Waals surface area contributed by atoms with Gasteiger partial charge in [-0.1, -0.05) is 61.9 Å². The minimum Gasteiger partial charge on any atom is -0.350 e. The van der Waals surface area contributed by atoms with Gasteiger partial charge in [0.2, 0.25) is 5.91 Å². The van der Waals surface area contributed by atoms with Crippen LogP contribution in [0.5, 0.6) is 0 Å². The third-order valence-corrected chi connectivity index (χ3v) is 3.86. The monoisotopic (exact) mass is 324 g/mol. The number of carbonyl (C=O) groups excluding carboxylic acids is 2. The van der Waals surface area contributed by atoms with E-state index in [9.17, 15) is 9.59 Å². The van der Waals surface area contributed by atoms with Crippen LogP contribution in [0.15, 0.2) is 54.6 Å². The Morgan fingerprint density at radius 2 is 1.58 bits per heavy atom. The molecule has 1 atom stereocenters. The highest BCUT2D eigenvalue weighted by molar-refractivity contribution is 5.97. The Morgan fingerprint density at radius 3 is 2.17 bits per heavy atom. The summed E-state index contributed by atoms with van der Waals surface area (Å²) in [5, 5.41) is 5.73. The number of hydrogen-bond acceptors (Lipinski definition) is 2. The number of benzene rings is 2. The lowest BCUT2D eigenvalue weighted by Crippen LogP contribution is -2.49. The van der Waals surface area contributed by atoms with Crippen molar-refractivity contribution in [2.75, 3.05) is 0 Å². The van der Waals surface area contributed by atoms with E-state index in [1.807, 2.05) is 63.2 Å². The molecule has 0 bridgehead atoms. The number of hydrogen-bond donors (Lipinski definition) is 2. The lowest BCUT2D eigenvalue weighted by Gasteiger charge is -2.22. The summed E-state index contributed by atoms with van der Waals surface area (Å²) in [4.78, 5) is 24.8. The van der Waals surface area contributed by atoms with E-state index in [4.69, 9.17) is 0 Å². The molecule has 126 valence electrons. The summed E-state index contributed by atoms with van der Waals surface area (Å²) in [7, 11) is 0. The summed E-state index contributed by atoms with van der Waals surface area (Å²) >= 11 is 0. The molecule has 2 N–H and O–H groups in total. The van der Waals surface area contributed by atoms with E-state index in [2.05, 4.69) is 10.6 Å². The summed E-state index contributed by atoms with van der Waals surface area (Å²) < 4.78 is 0. The Bertz CT molecular complexity index is 679. The van der Waals surface area contributed by atoms with Gasteiger partial charge in [0.25, 0.3) is 5.91 Å². The maximum absolute atomic E-state index is 12.5. The van der Waals surface area contributed by atoms with Crippen LogP contribution in [0.2, 0.25) is 0 Å². The zero-order chi connectivity index (χ0) is 17.5. The van der Waals surface area contributed by atoms with Crippen molar-refractivity contribution in [3.05, 3.63) is 71.3 Å². The minimum atomic E-state index is -0.567. The molecule has 0 heterocycles. The van der Waals surface area contributed by atoms with Crippen LogP contribution in [0.25, 0.3) is 0 Å². The molecule has 0 aliphatic rings. The van der Waals surface area contributed by atoms with E-state index in [1.165, 1.54) is 0 Å². The summed E-state index contributed by atoms with van der Waals surface area (Å²) in [6, 6.07) is 16.4. The zero-order valence-electron chi connectivity index (χ0n) is 14.4. The lowest BCUT2D eigenvalue weighted by molar-refractivity contribution is -0.124. The maximum atomic E-state index is 12.5. The van der Waals surface area contributed by atoms with Crippen LogP contribution in [-0.2, 0) is 11.3 Å². The van der Waals surface area contributed by atoms with Crippen molar-refractivity contribution >= 4 is 11.8 Å². The Morgan fingerprint density at radius 1 is 0.958 bits per heavy atom. The predicted octanol–water partition coefficient (Wildman–Crippen LogP) is 3.07. The number of nitrogens with one attached hydrogen (secondary N) is 2. The first-order valence-corrected chi connectivity index (χ1v) is 8.16. The topological polar surface area (TPSA) is 58.2 Å². The largest absolute Gasteiger partial charge is 0.350 e. The second-order valence-corrected chi connectivity index (χ2v) is 6.26. The van der Waals surface area contributed by atoms with E-state index in [0.29, 0.717) is 12.1 Å². The predicted molar refractivity (Wildman–Crippen MR) is 95.6 cm³/mol. The van der Waals surface area contributed by atoms with Gasteiger partial charge in [0.1, 0.15) is 6.04 Å². The van der Waals surface area contributed by atoms with Gasteiger partial charge in [0.15, 0.2) is 0 Å². The minimum absolute atomic E-state index is 0.00447. The molecule has 2 amide bonds. The molecule has 24 heavy (non-hydrogen) atoms. The molecule has 0 saturated heterocycles. The number of rotatable bonds is 6. The van der Waals surface area contributed by atoms with Gasteiger partial charge in [0.05, 0.1) is 0 Å². The zero-order valence-corrected chi connectivity index (χ0v) is 14.4. The molecule has 0 unspecified atom stereocenters. The van der Waals surface area contributed by atoms with E-state index >= 15 is 0 Å². The molecule has 4 heteroatoms. The Hall–Kier alpha value is -2.62. The highest BCUT2D eigenvalue weighted by atomic mass is 16.2. The average Bonchev–Trinajstić information content (AvgIpc) is 2.58. The van der Waals surface area contributed by atoms with Crippen LogP contribution in [-0.4, -0.2) is 17.9 Å². The molecule has 2 aromatic rings. The van der Waals surface area contributed by atoms with Crippen molar-refractivity contribution in [1.82, 2.24) is 10.6 Å². The summed E-state index contributed by atoms with van der Waals surface area (Å²) in [5.74, 6) is -0.409. The fourth-order valence-corrected chi connectivity index (χ4v) is 2.36. The smallest absolute Gasteiger partial charge is 0.251 e. The van der Waals surface area contributed by atoms with Gasteiger partial charge in [-0.3, -0.25) is 9.59 Å². The molecule has 0 aromatic heterocycles. The molecule has 0 aliphatic carbocycles. The summed E-state index contributed by atoms with van der Waals surface area (Å²) in [6.45, 7) is 6.25. The third-order valence-electron chi connectivity index (χ3n) is 3.86. The van der Waals surface area contributed by atoms with Crippen molar-refractivity contribution < 1.29 is 9.59 Å². The first-order valence-electron chi connectivity index (χ1n) is 8.16. The van der Waals surface area contributed by atoms with Gasteiger partial charge >= 0.3 is 0 Å². The third kappa shape index (κ3) is 4.95. The highest BCUT2D eigenvalue weighted by Crippen LogP contribution is 2.07. The van der Waals surface area contributed by atoms with Gasteiger partial charge < -0.3 is 10.6 Å². The highest BCUT2D eigenvalue weighted by Gasteiger charge is 2.24. The maximum Gasteiger partial charge on any atom is 0.251 e. The molecular formula is C20H24N2O2. The van der Waals surface area contributed by atoms with E-state index in [-0.39, 0.29) is 17.7 Å². The first kappa shape index (κ1) is 17.7. The second-order valence-electron chi connectivity index (χ2n) is 6.26. The number of aryl methyl sites for hydroxylation is 1. The SMILES string of the molecule is Cc1ccc(C(=O)N[C@@H](C(=O)NCc2ccccc2)C(C)C)cc1. The van der Waals surface area contributed by atoms with Gasteiger partial charge in [-0.25, -0.2) is 0 Å². The fraction of sp³-hybridized carbons (Fsp3) is 0.300. The number of amides is 2. The average molecular weight is 324 g/mol. The molecule has 4 nitrogen and oxygen atoms in total. The Balaban J connectivity index is 1.99. The standard InChI is InChI=1S/C20H24N2O2/c1-14(2)18(20(24)21-13-16-7-5-4-6-8-16)22-19(23)17-11-9-15(3)10-12-17/h4-12,14,18H,13H2,1-3H3,(H,21,24)(H,22,23)/t18-/m1/s1. The Kier molecular flexibility index (Phi) is 6.13. The molecule has 2 rings (SSSR count). The van der Waals surface area contributed by atoms with Crippen LogP contribution in [0.3, 0.4) is 0 Å². The van der Waals surface area contributed by atoms with Crippen LogP contribution in [0.4, 0.5) is 0 Å². The molecule has 0 aliphatic heterocycles. The van der Waals surface area contributed by atoms with E-state index in [0.717, 1.165) is 11.1 Å². The molecule has 0 spiro atoms. The summed E-state index contributed by atoms with van der Waals surface area (Å²) in [6.07, 6.45) is 0. The van der Waals surface area contributed by atoms with Crippen molar-refractivity contribution in [1.29, 1.82) is 0 Å². The van der Waals surface area contributed by atoms with Gasteiger partial charge in [-0.05, 0) is 30.5 Å². The van der Waals surface area contributed by atoms with Gasteiger partial charge in [0, 0.05) is 12.1 Å². The van der Waals surface area contributed by atoms with E-state index < -0.39 is 6.04 Å². The normalized spacial score (nSPS) is 11.8. The lowest BCUT2D eigenvalue weighted by atomic mass is 10.0. The molecular weight excluding hydrogens is 300 g/mol. The molecule has 0 saturated carbocycles. The van der Waals surface area contributed by atoms with Crippen LogP contribution >= 0.6 is 0 Å². The van der Waals surface area contributed by atoms with E-state index in [1.54, 1.807) is 12.1 Å². The van der Waals surface area contributed by atoms with Crippen molar-refractivity contribution in [3.8, 4) is 0 Å². The van der Waals surface area contributed by atoms with Crippen molar-refractivity contribution in [3.63, 3.8) is 0 Å². The van der Waals surface area contributed by atoms with Crippen LogP contribution < -0.4 is 10.6 Å². The van der Waals surface area contributed by atoms with Crippen molar-refractivity contribution in [2.24, 2.45) is 5.92 Å². The molecule has 2 aromatic carbocycles. The summed E-state index contributed by atoms with van der Waals surface area (Å²) in [5.41, 5.74) is 2.67. The van der Waals surface area contributed by atoms with Gasteiger partial charge in [-0.2, -0.15) is 0 Å².